The van der Waals surface area contributed by atoms with E-state index in [2.05, 4.69) is 0 Å². The summed E-state index contributed by atoms with van der Waals surface area (Å²) in [6.07, 6.45) is 0.132. The van der Waals surface area contributed by atoms with Crippen LogP contribution in [-0.2, 0) is 14.8 Å². The van der Waals surface area contributed by atoms with E-state index in [0.29, 0.717) is 6.42 Å². The van der Waals surface area contributed by atoms with Gasteiger partial charge in [-0.2, -0.15) is 0 Å². The first-order chi connectivity index (χ1) is 8.55. The molecule has 5 nitrogen and oxygen atoms in total. The monoisotopic (exact) mass is 299 g/mol. The lowest BCUT2D eigenvalue weighted by atomic mass is 10.1. The van der Waals surface area contributed by atoms with Crippen molar-refractivity contribution in [2.75, 3.05) is 5.75 Å². The van der Waals surface area contributed by atoms with Crippen LogP contribution in [0.25, 0.3) is 0 Å². The highest BCUT2D eigenvalue weighted by atomic mass is 32.2. The first-order valence-electron chi connectivity index (χ1n) is 6.16. The third-order valence-corrected chi connectivity index (χ3v) is 4.77. The van der Waals surface area contributed by atoms with Gasteiger partial charge in [-0.1, -0.05) is 13.8 Å². The van der Waals surface area contributed by atoms with E-state index in [1.807, 2.05) is 4.72 Å². The molecule has 0 aromatic rings. The van der Waals surface area contributed by atoms with Crippen LogP contribution in [0.4, 0.5) is 8.78 Å². The van der Waals surface area contributed by atoms with E-state index in [9.17, 15) is 22.0 Å². The third-order valence-electron chi connectivity index (χ3n) is 3.32. The first-order valence-corrected chi connectivity index (χ1v) is 7.81. The first kappa shape index (κ1) is 16.3. The number of aliphatic carboxylic acids is 1. The van der Waals surface area contributed by atoms with Gasteiger partial charge >= 0.3 is 5.97 Å². The average molecular weight is 299 g/mol. The molecule has 2 N–H and O–H groups in total. The van der Waals surface area contributed by atoms with Gasteiger partial charge in [0, 0.05) is 12.3 Å². The molecule has 1 unspecified atom stereocenters. The number of alkyl halides is 2. The Kier molecular flexibility index (Phi) is 4.89. The highest BCUT2D eigenvalue weighted by Gasteiger charge is 2.46. The lowest BCUT2D eigenvalue weighted by Gasteiger charge is -2.22. The van der Waals surface area contributed by atoms with E-state index in [1.165, 1.54) is 0 Å². The minimum atomic E-state index is -4.04. The van der Waals surface area contributed by atoms with Crippen molar-refractivity contribution in [1.29, 1.82) is 0 Å². The number of rotatable bonds is 6. The summed E-state index contributed by atoms with van der Waals surface area (Å²) in [6.45, 7) is 3.09. The van der Waals surface area contributed by atoms with Crippen LogP contribution >= 0.6 is 0 Å². The van der Waals surface area contributed by atoms with Gasteiger partial charge in [0.05, 0.1) is 5.75 Å². The molecule has 19 heavy (non-hydrogen) atoms. The standard InChI is InChI=1S/C11H19F2NO4S/c1-7(2)9(10(15)16)14-19(17,18)6-8-4-3-5-11(8,12)13/h7-9,14H,3-6H2,1-2H3,(H,15,16)/t8?,9-/m1/s1. The summed E-state index contributed by atoms with van der Waals surface area (Å²) in [6, 6.07) is -1.29. The van der Waals surface area contributed by atoms with Crippen LogP contribution < -0.4 is 4.72 Å². The number of nitrogens with one attached hydrogen (secondary N) is 1. The SMILES string of the molecule is CC(C)[C@@H](NS(=O)(=O)CC1CCCC1(F)F)C(=O)O. The van der Waals surface area contributed by atoms with Crippen LogP contribution in [0.5, 0.6) is 0 Å². The van der Waals surface area contributed by atoms with Gasteiger partial charge in [0.25, 0.3) is 5.92 Å². The van der Waals surface area contributed by atoms with Crippen molar-refractivity contribution >= 4 is 16.0 Å². The number of carboxylic acid groups (broad SMARTS) is 1. The van der Waals surface area contributed by atoms with Crippen molar-refractivity contribution in [1.82, 2.24) is 4.72 Å². The summed E-state index contributed by atoms with van der Waals surface area (Å²) in [7, 11) is -4.04. The lowest BCUT2D eigenvalue weighted by molar-refractivity contribution is -0.140. The maximum absolute atomic E-state index is 13.4. The number of hydrogen-bond acceptors (Lipinski definition) is 3. The topological polar surface area (TPSA) is 83.5 Å². The van der Waals surface area contributed by atoms with Crippen LogP contribution in [-0.4, -0.2) is 37.2 Å². The Morgan fingerprint density at radius 2 is 2.05 bits per heavy atom. The van der Waals surface area contributed by atoms with Gasteiger partial charge < -0.3 is 5.11 Å². The summed E-state index contributed by atoms with van der Waals surface area (Å²) in [5.41, 5.74) is 0. The van der Waals surface area contributed by atoms with E-state index in [4.69, 9.17) is 5.11 Å². The number of carbonyl (C=O) groups is 1. The van der Waals surface area contributed by atoms with E-state index < -0.39 is 45.5 Å². The summed E-state index contributed by atoms with van der Waals surface area (Å²) in [5, 5.41) is 8.90. The molecule has 1 fully saturated rings. The fourth-order valence-electron chi connectivity index (χ4n) is 2.18. The largest absolute Gasteiger partial charge is 0.480 e. The van der Waals surface area contributed by atoms with Crippen LogP contribution in [0.2, 0.25) is 0 Å². The molecule has 0 bridgehead atoms. The molecule has 0 heterocycles. The summed E-state index contributed by atoms with van der Waals surface area (Å²) in [4.78, 5) is 10.9. The number of hydrogen-bond donors (Lipinski definition) is 2. The minimum Gasteiger partial charge on any atom is -0.480 e. The second-order valence-corrected chi connectivity index (χ2v) is 7.11. The Morgan fingerprint density at radius 3 is 2.42 bits per heavy atom. The molecule has 8 heteroatoms. The molecule has 1 saturated carbocycles. The molecule has 1 aliphatic rings. The van der Waals surface area contributed by atoms with E-state index in [-0.39, 0.29) is 12.8 Å². The van der Waals surface area contributed by atoms with Crippen molar-refractivity contribution < 1.29 is 27.1 Å². The van der Waals surface area contributed by atoms with Gasteiger partial charge in [-0.3, -0.25) is 4.79 Å². The molecule has 0 spiro atoms. The van der Waals surface area contributed by atoms with Crippen molar-refractivity contribution in [3.63, 3.8) is 0 Å². The Balaban J connectivity index is 2.74. The Hall–Kier alpha value is -0.760. The van der Waals surface area contributed by atoms with Gasteiger partial charge in [-0.15, -0.1) is 0 Å². The maximum atomic E-state index is 13.4. The molecular weight excluding hydrogens is 280 g/mol. The number of sulfonamides is 1. The Morgan fingerprint density at radius 1 is 1.47 bits per heavy atom. The predicted molar refractivity (Wildman–Crippen MR) is 65.5 cm³/mol. The van der Waals surface area contributed by atoms with E-state index in [1.54, 1.807) is 13.8 Å². The van der Waals surface area contributed by atoms with Crippen LogP contribution in [0.3, 0.4) is 0 Å². The van der Waals surface area contributed by atoms with Gasteiger partial charge in [0.1, 0.15) is 6.04 Å². The molecule has 0 radical (unpaired) electrons. The van der Waals surface area contributed by atoms with E-state index >= 15 is 0 Å². The zero-order valence-electron chi connectivity index (χ0n) is 10.9. The molecule has 0 aromatic carbocycles. The molecule has 112 valence electrons. The average Bonchev–Trinajstić information content (AvgIpc) is 2.53. The normalized spacial score (nSPS) is 24.6. The minimum absolute atomic E-state index is 0.146. The molecule has 1 aliphatic carbocycles. The fourth-order valence-corrected chi connectivity index (χ4v) is 3.98. The quantitative estimate of drug-likeness (QED) is 0.777. The molecule has 0 aliphatic heterocycles. The van der Waals surface area contributed by atoms with Crippen molar-refractivity contribution in [2.24, 2.45) is 11.8 Å². The van der Waals surface area contributed by atoms with Gasteiger partial charge in [-0.05, 0) is 18.8 Å². The fraction of sp³-hybridized carbons (Fsp3) is 0.909. The summed E-state index contributed by atoms with van der Waals surface area (Å²) >= 11 is 0. The van der Waals surface area contributed by atoms with Crippen LogP contribution in [0.1, 0.15) is 33.1 Å². The number of carboxylic acids is 1. The Labute approximate surface area is 111 Å². The zero-order valence-corrected chi connectivity index (χ0v) is 11.7. The summed E-state index contributed by atoms with van der Waals surface area (Å²) < 4.78 is 52.3. The Bertz CT molecular complexity index is 436. The second-order valence-electron chi connectivity index (χ2n) is 5.31. The maximum Gasteiger partial charge on any atom is 0.321 e. The lowest BCUT2D eigenvalue weighted by Crippen LogP contribution is -2.46. The highest BCUT2D eigenvalue weighted by Crippen LogP contribution is 2.40. The molecule has 0 saturated heterocycles. The number of halogens is 2. The summed E-state index contributed by atoms with van der Waals surface area (Å²) in [5.74, 6) is -6.71. The van der Waals surface area contributed by atoms with Crippen LogP contribution in [0.15, 0.2) is 0 Å². The molecular formula is C11H19F2NO4S. The van der Waals surface area contributed by atoms with Gasteiger partial charge in [0.2, 0.25) is 10.0 Å². The van der Waals surface area contributed by atoms with Crippen molar-refractivity contribution in [3.8, 4) is 0 Å². The van der Waals surface area contributed by atoms with Crippen molar-refractivity contribution in [2.45, 2.75) is 45.1 Å². The predicted octanol–water partition coefficient (Wildman–Crippen LogP) is 1.45. The highest BCUT2D eigenvalue weighted by molar-refractivity contribution is 7.89. The van der Waals surface area contributed by atoms with Crippen molar-refractivity contribution in [3.05, 3.63) is 0 Å². The third kappa shape index (κ3) is 4.38. The van der Waals surface area contributed by atoms with Crippen LogP contribution in [0, 0.1) is 11.8 Å². The molecule has 2 atom stereocenters. The van der Waals surface area contributed by atoms with Gasteiger partial charge in [-0.25, -0.2) is 21.9 Å². The zero-order chi connectivity index (χ0) is 14.8. The van der Waals surface area contributed by atoms with Gasteiger partial charge in [0.15, 0.2) is 0 Å². The molecule has 0 amide bonds. The van der Waals surface area contributed by atoms with E-state index in [0.717, 1.165) is 0 Å². The molecule has 1 rings (SSSR count). The smallest absolute Gasteiger partial charge is 0.321 e. The molecule has 0 aromatic heterocycles. The second kappa shape index (κ2) is 5.70.